The number of nitrogens with one attached hydrogen (secondary N) is 1. The van der Waals surface area contributed by atoms with Crippen LogP contribution >= 0.6 is 11.8 Å². The lowest BCUT2D eigenvalue weighted by molar-refractivity contribution is -0.115. The molecule has 6 nitrogen and oxygen atoms in total. The van der Waals surface area contributed by atoms with Crippen LogP contribution in [0.25, 0.3) is 6.08 Å². The first-order chi connectivity index (χ1) is 11.4. The third-order valence-corrected chi connectivity index (χ3v) is 4.98. The van der Waals surface area contributed by atoms with Gasteiger partial charge in [0.25, 0.3) is 5.91 Å². The molecule has 2 aromatic carbocycles. The van der Waals surface area contributed by atoms with Crippen LogP contribution in [-0.4, -0.2) is 19.5 Å². The van der Waals surface area contributed by atoms with Crippen molar-refractivity contribution in [3.63, 3.8) is 0 Å². The summed E-state index contributed by atoms with van der Waals surface area (Å²) >= 11 is 1.23. The number of nitrogens with two attached hydrogens (primary N) is 1. The molecule has 0 atom stereocenters. The van der Waals surface area contributed by atoms with Crippen molar-refractivity contribution < 1.29 is 13.2 Å². The van der Waals surface area contributed by atoms with Gasteiger partial charge < -0.3 is 5.32 Å². The highest BCUT2D eigenvalue weighted by molar-refractivity contribution is 8.18. The smallest absolute Gasteiger partial charge is 0.264 e. The second kappa shape index (κ2) is 6.60. The van der Waals surface area contributed by atoms with Crippen LogP contribution in [0.4, 0.5) is 5.69 Å². The number of benzene rings is 2. The van der Waals surface area contributed by atoms with Crippen molar-refractivity contribution in [2.75, 3.05) is 0 Å². The fraction of sp³-hybridized carbons (Fsp3) is 0. The summed E-state index contributed by atoms with van der Waals surface area (Å²) in [5.74, 6) is -0.219. The summed E-state index contributed by atoms with van der Waals surface area (Å²) in [5, 5.41) is 8.16. The summed E-state index contributed by atoms with van der Waals surface area (Å²) in [5.41, 5.74) is 1.44. The zero-order valence-electron chi connectivity index (χ0n) is 12.3. The van der Waals surface area contributed by atoms with E-state index in [2.05, 4.69) is 10.3 Å². The number of amides is 1. The third kappa shape index (κ3) is 3.91. The maximum absolute atomic E-state index is 12.0. The molecule has 3 rings (SSSR count). The Kier molecular flexibility index (Phi) is 4.52. The molecule has 1 amide bonds. The number of hydrogen-bond donors (Lipinski definition) is 2. The van der Waals surface area contributed by atoms with Gasteiger partial charge >= 0.3 is 0 Å². The van der Waals surface area contributed by atoms with Crippen molar-refractivity contribution in [1.82, 2.24) is 5.32 Å². The second-order valence-electron chi connectivity index (χ2n) is 4.93. The molecule has 1 heterocycles. The topological polar surface area (TPSA) is 102 Å². The van der Waals surface area contributed by atoms with E-state index >= 15 is 0 Å². The van der Waals surface area contributed by atoms with Crippen molar-refractivity contribution in [2.45, 2.75) is 4.90 Å². The molecule has 0 bridgehead atoms. The molecule has 24 heavy (non-hydrogen) atoms. The van der Waals surface area contributed by atoms with E-state index in [-0.39, 0.29) is 10.8 Å². The lowest BCUT2D eigenvalue weighted by Crippen LogP contribution is -2.19. The highest BCUT2D eigenvalue weighted by atomic mass is 32.2. The number of thioether (sulfide) groups is 1. The third-order valence-electron chi connectivity index (χ3n) is 3.14. The van der Waals surface area contributed by atoms with Gasteiger partial charge in [-0.25, -0.2) is 18.5 Å². The Labute approximate surface area is 143 Å². The van der Waals surface area contributed by atoms with Crippen molar-refractivity contribution >= 4 is 44.6 Å². The predicted molar refractivity (Wildman–Crippen MR) is 95.1 cm³/mol. The first-order valence-electron chi connectivity index (χ1n) is 6.89. The SMILES string of the molecule is NS(=O)(=O)c1ccc(N=C2NC(=O)/C(=C\c3ccccc3)S2)cc1. The zero-order chi connectivity index (χ0) is 17.2. The molecule has 2 aromatic rings. The lowest BCUT2D eigenvalue weighted by Gasteiger charge is -1.99. The van der Waals surface area contributed by atoms with Gasteiger partial charge in [0.15, 0.2) is 5.17 Å². The average molecular weight is 359 g/mol. The molecule has 0 unspecified atom stereocenters. The molecule has 122 valence electrons. The van der Waals surface area contributed by atoms with Gasteiger partial charge in [0.2, 0.25) is 10.0 Å². The van der Waals surface area contributed by atoms with Gasteiger partial charge in [-0.05, 0) is 47.7 Å². The van der Waals surface area contributed by atoms with Gasteiger partial charge in [-0.3, -0.25) is 4.79 Å². The Hall–Kier alpha value is -2.42. The van der Waals surface area contributed by atoms with Crippen LogP contribution in [0.3, 0.4) is 0 Å². The molecule has 0 saturated carbocycles. The number of hydrogen-bond acceptors (Lipinski definition) is 5. The first-order valence-corrected chi connectivity index (χ1v) is 9.25. The molecule has 3 N–H and O–H groups in total. The Balaban J connectivity index is 1.80. The van der Waals surface area contributed by atoms with E-state index in [9.17, 15) is 13.2 Å². The zero-order valence-corrected chi connectivity index (χ0v) is 14.0. The summed E-state index contributed by atoms with van der Waals surface area (Å²) in [4.78, 5) is 16.8. The Bertz CT molecular complexity index is 934. The Morgan fingerprint density at radius 3 is 2.33 bits per heavy atom. The molecular weight excluding hydrogens is 346 g/mol. The van der Waals surface area contributed by atoms with E-state index < -0.39 is 10.0 Å². The molecule has 0 aromatic heterocycles. The number of aliphatic imine (C=N–C) groups is 1. The van der Waals surface area contributed by atoms with Crippen LogP contribution in [0.15, 0.2) is 69.4 Å². The molecular formula is C16H13N3O3S2. The van der Waals surface area contributed by atoms with Crippen LogP contribution < -0.4 is 10.5 Å². The van der Waals surface area contributed by atoms with E-state index in [0.717, 1.165) is 5.56 Å². The van der Waals surface area contributed by atoms with Gasteiger partial charge in [0.1, 0.15) is 0 Å². The van der Waals surface area contributed by atoms with Crippen LogP contribution in [0.5, 0.6) is 0 Å². The molecule has 1 saturated heterocycles. The summed E-state index contributed by atoms with van der Waals surface area (Å²) in [6, 6.07) is 15.3. The number of carbonyl (C=O) groups excluding carboxylic acids is 1. The summed E-state index contributed by atoms with van der Waals surface area (Å²) < 4.78 is 22.4. The van der Waals surface area contributed by atoms with Gasteiger partial charge in [-0.15, -0.1) is 0 Å². The minimum absolute atomic E-state index is 0.0132. The fourth-order valence-electron chi connectivity index (χ4n) is 2.01. The summed E-state index contributed by atoms with van der Waals surface area (Å²) in [6.45, 7) is 0. The minimum atomic E-state index is -3.73. The van der Waals surface area contributed by atoms with Crippen LogP contribution in [0.1, 0.15) is 5.56 Å². The number of sulfonamides is 1. The number of rotatable bonds is 3. The van der Waals surface area contributed by atoms with Crippen LogP contribution in [-0.2, 0) is 14.8 Å². The van der Waals surface area contributed by atoms with E-state index in [1.165, 1.54) is 36.0 Å². The van der Waals surface area contributed by atoms with Crippen molar-refractivity contribution in [3.05, 3.63) is 65.1 Å². The quantitative estimate of drug-likeness (QED) is 0.820. The maximum atomic E-state index is 12.0. The Morgan fingerprint density at radius 2 is 1.71 bits per heavy atom. The fourth-order valence-corrected chi connectivity index (χ4v) is 3.37. The van der Waals surface area contributed by atoms with E-state index in [1.807, 2.05) is 30.3 Å². The number of nitrogens with zero attached hydrogens (tertiary/aromatic N) is 1. The standard InChI is InChI=1S/C16H13N3O3S2/c17-24(21,22)13-8-6-12(7-9-13)18-16-19-15(20)14(23-16)10-11-4-2-1-3-5-11/h1-10H,(H2,17,21,22)(H,18,19,20)/b14-10+. The summed E-state index contributed by atoms with van der Waals surface area (Å²) in [7, 11) is -3.73. The minimum Gasteiger partial charge on any atom is -0.300 e. The lowest BCUT2D eigenvalue weighted by atomic mass is 10.2. The van der Waals surface area contributed by atoms with E-state index in [1.54, 1.807) is 6.08 Å². The maximum Gasteiger partial charge on any atom is 0.264 e. The van der Waals surface area contributed by atoms with Gasteiger partial charge in [-0.1, -0.05) is 30.3 Å². The first kappa shape index (κ1) is 16.4. The van der Waals surface area contributed by atoms with Gasteiger partial charge in [-0.2, -0.15) is 0 Å². The monoisotopic (exact) mass is 359 g/mol. The van der Waals surface area contributed by atoms with Crippen LogP contribution in [0.2, 0.25) is 0 Å². The molecule has 1 fully saturated rings. The normalized spacial score (nSPS) is 18.1. The molecule has 1 aliphatic rings. The van der Waals surface area contributed by atoms with E-state index in [4.69, 9.17) is 5.14 Å². The molecule has 0 spiro atoms. The second-order valence-corrected chi connectivity index (χ2v) is 7.52. The van der Waals surface area contributed by atoms with Gasteiger partial charge in [0, 0.05) is 0 Å². The number of primary sulfonamides is 1. The summed E-state index contributed by atoms with van der Waals surface area (Å²) in [6.07, 6.45) is 1.78. The van der Waals surface area contributed by atoms with Crippen LogP contribution in [0, 0.1) is 0 Å². The molecule has 0 aliphatic carbocycles. The molecule has 8 heteroatoms. The molecule has 1 aliphatic heterocycles. The van der Waals surface area contributed by atoms with Gasteiger partial charge in [0.05, 0.1) is 15.5 Å². The average Bonchev–Trinajstić information content (AvgIpc) is 2.87. The molecule has 0 radical (unpaired) electrons. The highest BCUT2D eigenvalue weighted by Crippen LogP contribution is 2.28. The Morgan fingerprint density at radius 1 is 1.04 bits per heavy atom. The predicted octanol–water partition coefficient (Wildman–Crippen LogP) is 2.23. The highest BCUT2D eigenvalue weighted by Gasteiger charge is 2.23. The number of carbonyl (C=O) groups is 1. The van der Waals surface area contributed by atoms with Crippen molar-refractivity contribution in [2.24, 2.45) is 10.1 Å². The van der Waals surface area contributed by atoms with Crippen molar-refractivity contribution in [1.29, 1.82) is 0 Å². The largest absolute Gasteiger partial charge is 0.300 e. The number of amidine groups is 1. The van der Waals surface area contributed by atoms with Crippen molar-refractivity contribution in [3.8, 4) is 0 Å². The van der Waals surface area contributed by atoms with E-state index in [0.29, 0.717) is 15.8 Å².